The number of halogens is 3. The Bertz CT molecular complexity index is 556. The van der Waals surface area contributed by atoms with Crippen LogP contribution in [0.5, 0.6) is 0 Å². The zero-order valence-electron chi connectivity index (χ0n) is 11.0. The van der Waals surface area contributed by atoms with Gasteiger partial charge >= 0.3 is 6.18 Å². The van der Waals surface area contributed by atoms with Gasteiger partial charge in [-0.05, 0) is 12.1 Å². The van der Waals surface area contributed by atoms with Gasteiger partial charge in [0.25, 0.3) is 0 Å². The Kier molecular flexibility index (Phi) is 3.73. The number of ether oxygens (including phenoxy) is 2. The third-order valence-corrected chi connectivity index (χ3v) is 3.28. The van der Waals surface area contributed by atoms with Gasteiger partial charge in [0.05, 0.1) is 37.1 Å². The Balaban J connectivity index is 1.92. The fourth-order valence-electron chi connectivity index (χ4n) is 2.12. The first-order chi connectivity index (χ1) is 10.0. The zero-order chi connectivity index (χ0) is 14.9. The number of rotatable bonds is 3. The van der Waals surface area contributed by atoms with Crippen molar-refractivity contribution in [3.8, 4) is 0 Å². The minimum Gasteiger partial charge on any atom is -0.377 e. The third-order valence-electron chi connectivity index (χ3n) is 3.28. The van der Waals surface area contributed by atoms with Crippen molar-refractivity contribution in [3.63, 3.8) is 0 Å². The summed E-state index contributed by atoms with van der Waals surface area (Å²) in [6.07, 6.45) is -4.44. The first-order valence-corrected chi connectivity index (χ1v) is 6.47. The molecule has 2 aliphatic heterocycles. The predicted molar refractivity (Wildman–Crippen MR) is 70.2 cm³/mol. The van der Waals surface area contributed by atoms with Crippen molar-refractivity contribution in [3.05, 3.63) is 29.3 Å². The SMILES string of the molecule is FC(F)(F)c1cc(C2=NNCOC2)ccc1NC1COC1. The third kappa shape index (κ3) is 3.11. The van der Waals surface area contributed by atoms with Gasteiger partial charge in [-0.1, -0.05) is 6.07 Å². The van der Waals surface area contributed by atoms with Crippen LogP contribution in [0.4, 0.5) is 18.9 Å². The molecule has 0 saturated carbocycles. The molecule has 21 heavy (non-hydrogen) atoms. The molecular formula is C13H14F3N3O2. The van der Waals surface area contributed by atoms with Gasteiger partial charge in [-0.15, -0.1) is 0 Å². The van der Waals surface area contributed by atoms with Gasteiger partial charge in [-0.25, -0.2) is 0 Å². The molecule has 0 radical (unpaired) electrons. The molecule has 0 bridgehead atoms. The highest BCUT2D eigenvalue weighted by atomic mass is 19.4. The Labute approximate surface area is 119 Å². The van der Waals surface area contributed by atoms with Crippen LogP contribution in [0.15, 0.2) is 23.3 Å². The van der Waals surface area contributed by atoms with Gasteiger partial charge in [0.1, 0.15) is 6.73 Å². The molecule has 0 amide bonds. The summed E-state index contributed by atoms with van der Waals surface area (Å²) in [5.74, 6) is 0. The second-order valence-electron chi connectivity index (χ2n) is 4.85. The number of benzene rings is 1. The van der Waals surface area contributed by atoms with Crippen LogP contribution in [0, 0.1) is 0 Å². The Hall–Kier alpha value is -1.80. The summed E-state index contributed by atoms with van der Waals surface area (Å²) in [6, 6.07) is 4.05. The van der Waals surface area contributed by atoms with Crippen molar-refractivity contribution >= 4 is 11.4 Å². The molecular weight excluding hydrogens is 287 g/mol. The van der Waals surface area contributed by atoms with E-state index in [1.807, 2.05) is 0 Å². The lowest BCUT2D eigenvalue weighted by molar-refractivity contribution is -0.137. The first-order valence-electron chi connectivity index (χ1n) is 6.47. The normalized spacial score (nSPS) is 19.5. The van der Waals surface area contributed by atoms with Crippen LogP contribution in [0.1, 0.15) is 11.1 Å². The summed E-state index contributed by atoms with van der Waals surface area (Å²) in [5, 5.41) is 6.83. The summed E-state index contributed by atoms with van der Waals surface area (Å²) in [4.78, 5) is 0. The molecule has 8 heteroatoms. The van der Waals surface area contributed by atoms with Crippen LogP contribution < -0.4 is 10.7 Å². The van der Waals surface area contributed by atoms with Gasteiger partial charge in [-0.2, -0.15) is 18.3 Å². The second-order valence-corrected chi connectivity index (χ2v) is 4.85. The number of hydrogen-bond acceptors (Lipinski definition) is 5. The molecule has 0 aromatic heterocycles. The number of nitrogens with one attached hydrogen (secondary N) is 2. The molecule has 0 unspecified atom stereocenters. The lowest BCUT2D eigenvalue weighted by Gasteiger charge is -2.29. The maximum absolute atomic E-state index is 13.2. The largest absolute Gasteiger partial charge is 0.418 e. The maximum Gasteiger partial charge on any atom is 0.418 e. The molecule has 2 N–H and O–H groups in total. The van der Waals surface area contributed by atoms with Gasteiger partial charge in [0.2, 0.25) is 0 Å². The molecule has 2 heterocycles. The minimum absolute atomic E-state index is 0.0600. The highest BCUT2D eigenvalue weighted by molar-refractivity contribution is 6.02. The van der Waals surface area contributed by atoms with E-state index in [2.05, 4.69) is 15.8 Å². The molecule has 1 saturated heterocycles. The summed E-state index contributed by atoms with van der Waals surface area (Å²) in [5.41, 5.74) is 2.80. The van der Waals surface area contributed by atoms with Crippen LogP contribution >= 0.6 is 0 Å². The van der Waals surface area contributed by atoms with E-state index in [1.54, 1.807) is 6.07 Å². The summed E-state index contributed by atoms with van der Waals surface area (Å²) in [7, 11) is 0. The van der Waals surface area contributed by atoms with Crippen molar-refractivity contribution in [2.75, 3.05) is 31.9 Å². The van der Waals surface area contributed by atoms with Gasteiger partial charge in [0, 0.05) is 11.3 Å². The van der Waals surface area contributed by atoms with Crippen LogP contribution in [-0.4, -0.2) is 38.3 Å². The lowest BCUT2D eigenvalue weighted by atomic mass is 10.0. The molecule has 2 aliphatic rings. The van der Waals surface area contributed by atoms with Crippen molar-refractivity contribution in [2.24, 2.45) is 5.10 Å². The zero-order valence-corrected chi connectivity index (χ0v) is 11.0. The standard InChI is InChI=1S/C13H14F3N3O2/c14-13(15,16)10-3-8(12-6-21-7-17-19-12)1-2-11(10)18-9-4-20-5-9/h1-3,9,17-18H,4-7H2. The van der Waals surface area contributed by atoms with E-state index in [-0.39, 0.29) is 25.1 Å². The molecule has 5 nitrogen and oxygen atoms in total. The van der Waals surface area contributed by atoms with E-state index in [4.69, 9.17) is 9.47 Å². The monoisotopic (exact) mass is 301 g/mol. The average Bonchev–Trinajstić information content (AvgIpc) is 2.43. The fourth-order valence-corrected chi connectivity index (χ4v) is 2.12. The molecule has 114 valence electrons. The Morgan fingerprint density at radius 2 is 2.05 bits per heavy atom. The number of alkyl halides is 3. The van der Waals surface area contributed by atoms with Crippen molar-refractivity contribution in [2.45, 2.75) is 12.2 Å². The fraction of sp³-hybridized carbons (Fsp3) is 0.462. The molecule has 1 fully saturated rings. The van der Waals surface area contributed by atoms with Gasteiger partial charge in [-0.3, -0.25) is 5.43 Å². The van der Waals surface area contributed by atoms with Crippen LogP contribution in [0.2, 0.25) is 0 Å². The highest BCUT2D eigenvalue weighted by Gasteiger charge is 2.35. The van der Waals surface area contributed by atoms with Gasteiger partial charge in [0.15, 0.2) is 0 Å². The molecule has 1 aromatic rings. The van der Waals surface area contributed by atoms with Crippen molar-refractivity contribution in [1.29, 1.82) is 0 Å². The summed E-state index contributed by atoms with van der Waals surface area (Å²) < 4.78 is 49.7. The van der Waals surface area contributed by atoms with E-state index in [9.17, 15) is 13.2 Å². The Morgan fingerprint density at radius 3 is 2.62 bits per heavy atom. The number of nitrogens with zero attached hydrogens (tertiary/aromatic N) is 1. The van der Waals surface area contributed by atoms with Crippen LogP contribution in [0.25, 0.3) is 0 Å². The van der Waals surface area contributed by atoms with Crippen molar-refractivity contribution in [1.82, 2.24) is 5.43 Å². The molecule has 0 spiro atoms. The minimum atomic E-state index is -4.44. The predicted octanol–water partition coefficient (Wildman–Crippen LogP) is 1.80. The molecule has 0 aliphatic carbocycles. The molecule has 3 rings (SSSR count). The number of hydrazone groups is 1. The summed E-state index contributed by atoms with van der Waals surface area (Å²) >= 11 is 0. The second kappa shape index (κ2) is 5.53. The summed E-state index contributed by atoms with van der Waals surface area (Å²) in [6.45, 7) is 1.29. The first kappa shape index (κ1) is 14.2. The maximum atomic E-state index is 13.2. The highest BCUT2D eigenvalue weighted by Crippen LogP contribution is 2.36. The topological polar surface area (TPSA) is 54.9 Å². The Morgan fingerprint density at radius 1 is 1.24 bits per heavy atom. The smallest absolute Gasteiger partial charge is 0.377 e. The van der Waals surface area contributed by atoms with E-state index in [0.717, 1.165) is 6.07 Å². The van der Waals surface area contributed by atoms with E-state index in [0.29, 0.717) is 24.5 Å². The van der Waals surface area contributed by atoms with Crippen molar-refractivity contribution < 1.29 is 22.6 Å². The quantitative estimate of drug-likeness (QED) is 0.894. The average molecular weight is 301 g/mol. The number of anilines is 1. The lowest BCUT2D eigenvalue weighted by Crippen LogP contribution is -2.40. The molecule has 1 aromatic carbocycles. The number of hydrogen-bond donors (Lipinski definition) is 2. The molecule has 0 atom stereocenters. The van der Waals surface area contributed by atoms with E-state index in [1.165, 1.54) is 6.07 Å². The van der Waals surface area contributed by atoms with Gasteiger partial charge < -0.3 is 14.8 Å². The van der Waals surface area contributed by atoms with Crippen LogP contribution in [-0.2, 0) is 15.7 Å². The van der Waals surface area contributed by atoms with E-state index < -0.39 is 11.7 Å². The van der Waals surface area contributed by atoms with E-state index >= 15 is 0 Å². The van der Waals surface area contributed by atoms with Crippen LogP contribution in [0.3, 0.4) is 0 Å².